The summed E-state index contributed by atoms with van der Waals surface area (Å²) in [5, 5.41) is 8.44. The van der Waals surface area contributed by atoms with Gasteiger partial charge in [0.1, 0.15) is 6.04 Å². The number of aromatic nitrogens is 3. The summed E-state index contributed by atoms with van der Waals surface area (Å²) in [7, 11) is -2.71. The highest BCUT2D eigenvalue weighted by molar-refractivity contribution is 9.10. The molecule has 1 atom stereocenters. The highest BCUT2D eigenvalue weighted by Crippen LogP contribution is 2.28. The van der Waals surface area contributed by atoms with Crippen molar-refractivity contribution in [3.8, 4) is 0 Å². The summed E-state index contributed by atoms with van der Waals surface area (Å²) in [6.45, 7) is 6.39. The Kier molecular flexibility index (Phi) is 9.21. The summed E-state index contributed by atoms with van der Waals surface area (Å²) in [6.07, 6.45) is 2.85. The van der Waals surface area contributed by atoms with Gasteiger partial charge in [-0.15, -0.1) is 5.10 Å². The second kappa shape index (κ2) is 11.9. The van der Waals surface area contributed by atoms with E-state index in [1.165, 1.54) is 23.0 Å². The van der Waals surface area contributed by atoms with Gasteiger partial charge in [0.15, 0.2) is 0 Å². The summed E-state index contributed by atoms with van der Waals surface area (Å²) in [5.41, 5.74) is 3.08. The minimum atomic E-state index is -3.98. The number of ether oxygens (including phenoxy) is 1. The first-order valence-electron chi connectivity index (χ1n) is 11.4. The monoisotopic (exact) mass is 562 g/mol. The molecule has 0 saturated heterocycles. The van der Waals surface area contributed by atoms with Gasteiger partial charge in [-0.2, -0.15) is 4.31 Å². The van der Waals surface area contributed by atoms with Crippen molar-refractivity contribution in [3.05, 3.63) is 76.0 Å². The van der Waals surface area contributed by atoms with Gasteiger partial charge in [-0.1, -0.05) is 61.0 Å². The van der Waals surface area contributed by atoms with E-state index in [1.807, 2.05) is 13.1 Å². The van der Waals surface area contributed by atoms with E-state index in [4.69, 9.17) is 4.74 Å². The van der Waals surface area contributed by atoms with Crippen LogP contribution < -0.4 is 0 Å². The molecule has 0 radical (unpaired) electrons. The van der Waals surface area contributed by atoms with Crippen molar-refractivity contribution >= 4 is 31.9 Å². The molecular weight excluding hydrogens is 532 g/mol. The van der Waals surface area contributed by atoms with Gasteiger partial charge in [0.25, 0.3) is 0 Å². The highest BCUT2D eigenvalue weighted by Gasteiger charge is 2.39. The van der Waals surface area contributed by atoms with Gasteiger partial charge in [0.2, 0.25) is 10.0 Å². The van der Waals surface area contributed by atoms with Crippen LogP contribution in [0.25, 0.3) is 0 Å². The maximum atomic E-state index is 13.6. The number of halogens is 1. The molecule has 10 heteroatoms. The Morgan fingerprint density at radius 2 is 1.83 bits per heavy atom. The van der Waals surface area contributed by atoms with Gasteiger partial charge in [-0.3, -0.25) is 4.79 Å². The summed E-state index contributed by atoms with van der Waals surface area (Å²) >= 11 is 3.34. The summed E-state index contributed by atoms with van der Waals surface area (Å²) in [5.74, 6) is -0.866. The molecule has 0 aliphatic heterocycles. The second-order valence-corrected chi connectivity index (χ2v) is 11.5. The molecule has 1 heterocycles. The number of hydrogen-bond acceptors (Lipinski definition) is 6. The molecule has 2 aromatic carbocycles. The maximum Gasteiger partial charge on any atom is 0.324 e. The van der Waals surface area contributed by atoms with Crippen LogP contribution in [0.2, 0.25) is 0 Å². The van der Waals surface area contributed by atoms with Gasteiger partial charge in [-0.25, -0.2) is 13.1 Å². The molecule has 0 aliphatic carbocycles. The molecule has 0 fully saturated rings. The Labute approximate surface area is 215 Å². The van der Waals surface area contributed by atoms with E-state index in [0.717, 1.165) is 11.3 Å². The largest absolute Gasteiger partial charge is 0.468 e. The Morgan fingerprint density at radius 1 is 1.14 bits per heavy atom. The van der Waals surface area contributed by atoms with Crippen LogP contribution in [0.5, 0.6) is 0 Å². The average Bonchev–Trinajstić information content (AvgIpc) is 3.26. The molecular formula is C25H31BrN4O4S. The molecule has 0 spiro atoms. The fraction of sp³-hybridized carbons (Fsp3) is 0.400. The number of sulfonamides is 1. The minimum Gasteiger partial charge on any atom is -0.468 e. The second-order valence-electron chi connectivity index (χ2n) is 8.75. The van der Waals surface area contributed by atoms with Gasteiger partial charge in [-0.05, 0) is 59.3 Å². The number of rotatable bonds is 11. The lowest BCUT2D eigenvalue weighted by molar-refractivity contribution is -0.146. The van der Waals surface area contributed by atoms with Crippen molar-refractivity contribution in [2.75, 3.05) is 13.7 Å². The molecule has 0 amide bonds. The fourth-order valence-electron chi connectivity index (χ4n) is 3.86. The lowest BCUT2D eigenvalue weighted by atomic mass is 10.0. The number of hydrogen-bond donors (Lipinski definition) is 0. The van der Waals surface area contributed by atoms with Gasteiger partial charge >= 0.3 is 5.97 Å². The molecule has 188 valence electrons. The van der Waals surface area contributed by atoms with Crippen molar-refractivity contribution < 1.29 is 17.9 Å². The number of carbonyl (C=O) groups excluding carboxylic acids is 1. The van der Waals surface area contributed by atoms with Gasteiger partial charge < -0.3 is 4.74 Å². The van der Waals surface area contributed by atoms with Crippen LogP contribution >= 0.6 is 15.9 Å². The molecule has 0 unspecified atom stereocenters. The number of methoxy groups -OCH3 is 1. The molecule has 8 nitrogen and oxygen atoms in total. The van der Waals surface area contributed by atoms with E-state index in [9.17, 15) is 13.2 Å². The number of carbonyl (C=O) groups is 1. The van der Waals surface area contributed by atoms with Crippen molar-refractivity contribution in [3.63, 3.8) is 0 Å². The number of aryl methyl sites for hydroxylation is 2. The Balaban J connectivity index is 1.77. The zero-order valence-electron chi connectivity index (χ0n) is 20.4. The normalized spacial score (nSPS) is 12.8. The third-order valence-corrected chi connectivity index (χ3v) is 8.56. The van der Waals surface area contributed by atoms with E-state index in [2.05, 4.69) is 50.5 Å². The molecule has 3 rings (SSSR count). The molecule has 0 saturated carbocycles. The van der Waals surface area contributed by atoms with Crippen molar-refractivity contribution in [2.45, 2.75) is 51.1 Å². The third-order valence-electron chi connectivity index (χ3n) is 5.67. The van der Waals surface area contributed by atoms with Crippen molar-refractivity contribution in [1.29, 1.82) is 0 Å². The molecule has 35 heavy (non-hydrogen) atoms. The van der Waals surface area contributed by atoms with E-state index >= 15 is 0 Å². The quantitative estimate of drug-likeness (QED) is 0.325. The van der Waals surface area contributed by atoms with E-state index < -0.39 is 22.0 Å². The first-order valence-corrected chi connectivity index (χ1v) is 13.7. The maximum absolute atomic E-state index is 13.6. The Bertz CT molecular complexity index is 1240. The van der Waals surface area contributed by atoms with Crippen LogP contribution in [0.3, 0.4) is 0 Å². The van der Waals surface area contributed by atoms with E-state index in [-0.39, 0.29) is 17.4 Å². The smallest absolute Gasteiger partial charge is 0.324 e. The van der Waals surface area contributed by atoms with Crippen LogP contribution in [-0.4, -0.2) is 53.4 Å². The van der Waals surface area contributed by atoms with E-state index in [1.54, 1.807) is 36.7 Å². The molecule has 0 N–H and O–H groups in total. The topological polar surface area (TPSA) is 94.4 Å². The SMILES string of the molecule is COC(=O)[C@H](C(C)C)N(CCCc1cn(Cc2ccc(C)cc2)nn1)S(=O)(=O)c1ccccc1Br. The van der Waals surface area contributed by atoms with Crippen molar-refractivity contribution in [2.24, 2.45) is 5.92 Å². The molecule has 0 aliphatic rings. The first-order chi connectivity index (χ1) is 16.6. The van der Waals surface area contributed by atoms with Crippen LogP contribution in [-0.2, 0) is 32.5 Å². The Morgan fingerprint density at radius 3 is 2.46 bits per heavy atom. The van der Waals surface area contributed by atoms with E-state index in [0.29, 0.717) is 23.9 Å². The predicted molar refractivity (Wildman–Crippen MR) is 137 cm³/mol. The summed E-state index contributed by atoms with van der Waals surface area (Å²) in [6, 6.07) is 13.9. The zero-order chi connectivity index (χ0) is 25.6. The first kappa shape index (κ1) is 27.0. The van der Waals surface area contributed by atoms with Crippen LogP contribution in [0.1, 0.15) is 37.1 Å². The lowest BCUT2D eigenvalue weighted by Crippen LogP contribution is -2.49. The standard InChI is InChI=1S/C25H31BrN4O4S/c1-18(2)24(25(31)34-4)30(35(32,33)23-10-6-5-9-22(23)26)15-7-8-21-17-29(28-27-21)16-20-13-11-19(3)12-14-20/h5-6,9-14,17-18,24H,7-8,15-16H2,1-4H3/t24-/m0/s1. The minimum absolute atomic E-state index is 0.110. The molecule has 0 bridgehead atoms. The van der Waals surface area contributed by atoms with Crippen LogP contribution in [0, 0.1) is 12.8 Å². The predicted octanol–water partition coefficient (Wildman–Crippen LogP) is 4.22. The zero-order valence-corrected chi connectivity index (χ0v) is 22.8. The van der Waals surface area contributed by atoms with Crippen LogP contribution in [0.15, 0.2) is 64.1 Å². The third kappa shape index (κ3) is 6.77. The van der Waals surface area contributed by atoms with Crippen molar-refractivity contribution in [1.82, 2.24) is 19.3 Å². The number of nitrogens with zero attached hydrogens (tertiary/aromatic N) is 4. The average molecular weight is 564 g/mol. The summed E-state index contributed by atoms with van der Waals surface area (Å²) < 4.78 is 35.7. The van der Waals surface area contributed by atoms with Crippen LogP contribution in [0.4, 0.5) is 0 Å². The summed E-state index contributed by atoms with van der Waals surface area (Å²) in [4.78, 5) is 12.7. The lowest BCUT2D eigenvalue weighted by Gasteiger charge is -2.31. The number of esters is 1. The molecule has 3 aromatic rings. The van der Waals surface area contributed by atoms with Gasteiger partial charge in [0, 0.05) is 17.2 Å². The fourth-order valence-corrected chi connectivity index (χ4v) is 6.57. The molecule has 1 aromatic heterocycles. The Hall–Kier alpha value is -2.56. The van der Waals surface area contributed by atoms with Gasteiger partial charge in [0.05, 0.1) is 24.2 Å². The number of benzene rings is 2. The highest BCUT2D eigenvalue weighted by atomic mass is 79.9.